The lowest BCUT2D eigenvalue weighted by Gasteiger charge is -2.13. The third-order valence-corrected chi connectivity index (χ3v) is 5.29. The van der Waals surface area contributed by atoms with E-state index in [1.807, 2.05) is 19.1 Å². The van der Waals surface area contributed by atoms with Gasteiger partial charge in [-0.15, -0.1) is 10.2 Å². The lowest BCUT2D eigenvalue weighted by atomic mass is 10.1. The number of benzene rings is 1. The van der Waals surface area contributed by atoms with Gasteiger partial charge in [0.2, 0.25) is 21.8 Å². The minimum atomic E-state index is -3.35. The Kier molecular flexibility index (Phi) is 5.75. The Labute approximate surface area is 146 Å². The Morgan fingerprint density at radius 3 is 2.56 bits per heavy atom. The molecule has 0 aliphatic heterocycles. The number of sulfonamides is 1. The average molecular weight is 367 g/mol. The highest BCUT2D eigenvalue weighted by molar-refractivity contribution is 7.89. The summed E-state index contributed by atoms with van der Waals surface area (Å²) in [6.07, 6.45) is 0. The molecule has 0 unspecified atom stereocenters. The first-order valence-electron chi connectivity index (χ1n) is 7.55. The first-order chi connectivity index (χ1) is 11.7. The third kappa shape index (κ3) is 5.00. The molecule has 0 aliphatic rings. The second kappa shape index (κ2) is 7.62. The maximum Gasteiger partial charge on any atom is 0.319 e. The number of carbonyl (C=O) groups excluding carboxylic acids is 1. The van der Waals surface area contributed by atoms with Gasteiger partial charge in [-0.25, -0.2) is 17.5 Å². The van der Waals surface area contributed by atoms with Crippen molar-refractivity contribution in [2.24, 2.45) is 0 Å². The second-order valence-corrected chi connectivity index (χ2v) is 7.94. The van der Waals surface area contributed by atoms with Gasteiger partial charge >= 0.3 is 6.03 Å². The van der Waals surface area contributed by atoms with Crippen LogP contribution < -0.4 is 10.6 Å². The second-order valence-electron chi connectivity index (χ2n) is 5.64. The molecule has 0 saturated carbocycles. The monoisotopic (exact) mass is 367 g/mol. The highest BCUT2D eigenvalue weighted by Crippen LogP contribution is 2.24. The van der Waals surface area contributed by atoms with Crippen molar-refractivity contribution in [1.82, 2.24) is 19.8 Å². The summed E-state index contributed by atoms with van der Waals surface area (Å²) in [5.74, 6) is 0.635. The van der Waals surface area contributed by atoms with Crippen LogP contribution in [0.25, 0.3) is 11.5 Å². The van der Waals surface area contributed by atoms with Crippen LogP contribution in [0.4, 0.5) is 10.5 Å². The molecular weight excluding hydrogens is 346 g/mol. The van der Waals surface area contributed by atoms with E-state index in [9.17, 15) is 13.2 Å². The molecule has 1 aromatic heterocycles. The molecule has 0 radical (unpaired) electrons. The third-order valence-electron chi connectivity index (χ3n) is 3.46. The topological polar surface area (TPSA) is 117 Å². The molecule has 2 rings (SSSR count). The number of urea groups is 1. The molecule has 2 aromatic rings. The lowest BCUT2D eigenvalue weighted by molar-refractivity contribution is 0.252. The minimum Gasteiger partial charge on any atom is -0.421 e. The van der Waals surface area contributed by atoms with Gasteiger partial charge < -0.3 is 15.1 Å². The van der Waals surface area contributed by atoms with E-state index < -0.39 is 16.1 Å². The maximum absolute atomic E-state index is 12.0. The van der Waals surface area contributed by atoms with Crippen LogP contribution in [0, 0.1) is 13.8 Å². The molecular formula is C15H21N5O4S. The van der Waals surface area contributed by atoms with Crippen molar-refractivity contribution in [3.63, 3.8) is 0 Å². The highest BCUT2D eigenvalue weighted by atomic mass is 32.2. The van der Waals surface area contributed by atoms with Gasteiger partial charge in [0.1, 0.15) is 0 Å². The van der Waals surface area contributed by atoms with Gasteiger partial charge in [-0.2, -0.15) is 0 Å². The van der Waals surface area contributed by atoms with Crippen molar-refractivity contribution in [2.45, 2.75) is 13.8 Å². The predicted octanol–water partition coefficient (Wildman–Crippen LogP) is 1.37. The summed E-state index contributed by atoms with van der Waals surface area (Å²) in [5, 5.41) is 12.9. The maximum atomic E-state index is 12.0. The molecule has 1 heterocycles. The highest BCUT2D eigenvalue weighted by Gasteiger charge is 2.14. The van der Waals surface area contributed by atoms with Gasteiger partial charge in [0, 0.05) is 38.8 Å². The van der Waals surface area contributed by atoms with E-state index in [-0.39, 0.29) is 12.3 Å². The SMILES string of the molecule is Cc1nnc(-c2ccc(C)c(NC(=O)NCCS(=O)(=O)N(C)C)c2)o1. The van der Waals surface area contributed by atoms with Gasteiger partial charge in [-0.1, -0.05) is 6.07 Å². The van der Waals surface area contributed by atoms with E-state index in [2.05, 4.69) is 20.8 Å². The van der Waals surface area contributed by atoms with Crippen molar-refractivity contribution >= 4 is 21.7 Å². The van der Waals surface area contributed by atoms with Crippen molar-refractivity contribution < 1.29 is 17.6 Å². The van der Waals surface area contributed by atoms with Crippen LogP contribution in [0.5, 0.6) is 0 Å². The Balaban J connectivity index is 2.01. The van der Waals surface area contributed by atoms with E-state index in [0.29, 0.717) is 23.0 Å². The molecule has 0 bridgehead atoms. The number of hydrogen-bond acceptors (Lipinski definition) is 6. The Morgan fingerprint density at radius 1 is 1.24 bits per heavy atom. The molecule has 2 N–H and O–H groups in total. The van der Waals surface area contributed by atoms with Gasteiger partial charge in [-0.05, 0) is 24.6 Å². The molecule has 0 atom stereocenters. The van der Waals surface area contributed by atoms with Gasteiger partial charge in [0.15, 0.2) is 0 Å². The van der Waals surface area contributed by atoms with Crippen LogP contribution in [0.3, 0.4) is 0 Å². The van der Waals surface area contributed by atoms with Crippen molar-refractivity contribution in [2.75, 3.05) is 31.7 Å². The fraction of sp³-hybridized carbons (Fsp3) is 0.400. The van der Waals surface area contributed by atoms with Crippen LogP contribution >= 0.6 is 0 Å². The molecule has 0 spiro atoms. The number of amides is 2. The lowest BCUT2D eigenvalue weighted by Crippen LogP contribution is -2.36. The Morgan fingerprint density at radius 2 is 1.96 bits per heavy atom. The smallest absolute Gasteiger partial charge is 0.319 e. The summed E-state index contributed by atoms with van der Waals surface area (Å²) in [6, 6.07) is 4.87. The van der Waals surface area contributed by atoms with Crippen molar-refractivity contribution in [3.8, 4) is 11.5 Å². The van der Waals surface area contributed by atoms with Gasteiger partial charge in [0.05, 0.1) is 5.75 Å². The van der Waals surface area contributed by atoms with Crippen LogP contribution in [0.15, 0.2) is 22.6 Å². The van der Waals surface area contributed by atoms with Crippen LogP contribution in [-0.2, 0) is 10.0 Å². The van der Waals surface area contributed by atoms with Crippen LogP contribution in [0.1, 0.15) is 11.5 Å². The number of nitrogens with one attached hydrogen (secondary N) is 2. The predicted molar refractivity (Wildman–Crippen MR) is 93.7 cm³/mol. The summed E-state index contributed by atoms with van der Waals surface area (Å²) >= 11 is 0. The molecule has 136 valence electrons. The Hall–Kier alpha value is -2.46. The summed E-state index contributed by atoms with van der Waals surface area (Å²) in [7, 11) is -0.456. The molecule has 0 aliphatic carbocycles. The van der Waals surface area contributed by atoms with E-state index in [0.717, 1.165) is 9.87 Å². The molecule has 0 fully saturated rings. The quantitative estimate of drug-likeness (QED) is 0.796. The summed E-state index contributed by atoms with van der Waals surface area (Å²) in [5.41, 5.74) is 2.09. The zero-order valence-electron chi connectivity index (χ0n) is 14.5. The summed E-state index contributed by atoms with van der Waals surface area (Å²) in [4.78, 5) is 12.0. The number of hydrogen-bond donors (Lipinski definition) is 2. The number of aromatic nitrogens is 2. The number of rotatable bonds is 6. The van der Waals surface area contributed by atoms with Crippen LogP contribution in [0.2, 0.25) is 0 Å². The Bertz CT molecular complexity index is 861. The standard InChI is InChI=1S/C15H21N5O4S/c1-10-5-6-12(14-19-18-11(2)24-14)9-13(10)17-15(21)16-7-8-25(22,23)20(3)4/h5-6,9H,7-8H2,1-4H3,(H2,16,17,21). The summed E-state index contributed by atoms with van der Waals surface area (Å²) in [6.45, 7) is 3.54. The largest absolute Gasteiger partial charge is 0.421 e. The van der Waals surface area contributed by atoms with Crippen molar-refractivity contribution in [3.05, 3.63) is 29.7 Å². The van der Waals surface area contributed by atoms with Gasteiger partial charge in [-0.3, -0.25) is 0 Å². The van der Waals surface area contributed by atoms with E-state index in [4.69, 9.17) is 4.42 Å². The first-order valence-corrected chi connectivity index (χ1v) is 9.16. The fourth-order valence-corrected chi connectivity index (χ4v) is 2.67. The van der Waals surface area contributed by atoms with E-state index >= 15 is 0 Å². The normalized spacial score (nSPS) is 11.6. The average Bonchev–Trinajstić information content (AvgIpc) is 2.95. The van der Waals surface area contributed by atoms with Gasteiger partial charge in [0.25, 0.3) is 0 Å². The number of anilines is 1. The zero-order chi connectivity index (χ0) is 18.6. The minimum absolute atomic E-state index is 0.00788. The molecule has 25 heavy (non-hydrogen) atoms. The number of aryl methyl sites for hydroxylation is 2. The molecule has 9 nitrogen and oxygen atoms in total. The molecule has 10 heteroatoms. The molecule has 0 saturated heterocycles. The van der Waals surface area contributed by atoms with E-state index in [1.165, 1.54) is 14.1 Å². The number of nitrogens with zero attached hydrogens (tertiary/aromatic N) is 3. The van der Waals surface area contributed by atoms with Crippen LogP contribution in [-0.4, -0.2) is 55.3 Å². The zero-order valence-corrected chi connectivity index (χ0v) is 15.3. The first kappa shape index (κ1) is 18.9. The number of carbonyl (C=O) groups is 1. The molecule has 2 amide bonds. The molecule has 1 aromatic carbocycles. The van der Waals surface area contributed by atoms with Crippen molar-refractivity contribution in [1.29, 1.82) is 0 Å². The summed E-state index contributed by atoms with van der Waals surface area (Å²) < 4.78 is 29.8. The fourth-order valence-electron chi connectivity index (χ4n) is 1.95. The van der Waals surface area contributed by atoms with E-state index in [1.54, 1.807) is 13.0 Å².